The monoisotopic (exact) mass is 328 g/mol. The Bertz CT molecular complexity index is 872. The fourth-order valence-corrected chi connectivity index (χ4v) is 1.99. The molecule has 0 aliphatic rings. The van der Waals surface area contributed by atoms with Crippen molar-refractivity contribution in [2.75, 3.05) is 0 Å². The lowest BCUT2D eigenvalue weighted by Gasteiger charge is -2.09. The van der Waals surface area contributed by atoms with Gasteiger partial charge in [0.05, 0.1) is 17.4 Å². The van der Waals surface area contributed by atoms with E-state index in [0.717, 1.165) is 5.56 Å². The molecular weight excluding hydrogens is 317 g/mol. The molecule has 2 aromatic carbocycles. The van der Waals surface area contributed by atoms with Gasteiger partial charge in [0.2, 0.25) is 0 Å². The number of hydrogen-bond donors (Lipinski definition) is 0. The van der Waals surface area contributed by atoms with E-state index in [1.807, 2.05) is 30.3 Å². The summed E-state index contributed by atoms with van der Waals surface area (Å²) in [5.41, 5.74) is 2.20. The summed E-state index contributed by atoms with van der Waals surface area (Å²) in [6, 6.07) is 15.0. The first kappa shape index (κ1) is 15.7. The van der Waals surface area contributed by atoms with Crippen LogP contribution in [0.1, 0.15) is 11.1 Å². The van der Waals surface area contributed by atoms with E-state index in [1.54, 1.807) is 12.4 Å². The van der Waals surface area contributed by atoms with Crippen LogP contribution in [0.5, 0.6) is 5.75 Å². The van der Waals surface area contributed by atoms with Crippen molar-refractivity contribution < 1.29 is 17.9 Å². The van der Waals surface area contributed by atoms with E-state index in [1.165, 1.54) is 28.9 Å². The van der Waals surface area contributed by atoms with Crippen molar-refractivity contribution in [2.45, 2.75) is 6.36 Å². The maximum absolute atomic E-state index is 12.1. The molecule has 0 unspecified atom stereocenters. The number of rotatable bonds is 2. The van der Waals surface area contributed by atoms with E-state index >= 15 is 0 Å². The van der Waals surface area contributed by atoms with Gasteiger partial charge in [-0.05, 0) is 36.4 Å². The lowest BCUT2D eigenvalue weighted by molar-refractivity contribution is -0.274. The molecule has 0 aliphatic carbocycles. The standard InChI is InChI=1S/C18H11F3N2O/c19-18(20,21)24-17-10-8-16(9-11-17)23-13-15(12-22-23)7-6-14-4-2-1-3-5-14/h1-5,8-13H. The van der Waals surface area contributed by atoms with Crippen molar-refractivity contribution in [3.8, 4) is 23.3 Å². The Labute approximate surface area is 136 Å². The van der Waals surface area contributed by atoms with Crippen LogP contribution in [0.4, 0.5) is 13.2 Å². The van der Waals surface area contributed by atoms with E-state index < -0.39 is 6.36 Å². The molecule has 0 aliphatic heterocycles. The average molecular weight is 328 g/mol. The highest BCUT2D eigenvalue weighted by atomic mass is 19.4. The van der Waals surface area contributed by atoms with Crippen molar-refractivity contribution in [1.29, 1.82) is 0 Å². The highest BCUT2D eigenvalue weighted by Gasteiger charge is 2.30. The number of aromatic nitrogens is 2. The first-order valence-corrected chi connectivity index (χ1v) is 6.97. The molecule has 0 amide bonds. The number of halogens is 3. The lowest BCUT2D eigenvalue weighted by atomic mass is 10.2. The molecule has 0 atom stereocenters. The van der Waals surface area contributed by atoms with Crippen LogP contribution >= 0.6 is 0 Å². The molecule has 120 valence electrons. The Morgan fingerprint density at radius 3 is 2.21 bits per heavy atom. The summed E-state index contributed by atoms with van der Waals surface area (Å²) in [5, 5.41) is 4.15. The SMILES string of the molecule is FC(F)(F)Oc1ccc(-n2cc(C#Cc3ccccc3)cn2)cc1. The summed E-state index contributed by atoms with van der Waals surface area (Å²) in [6.45, 7) is 0. The van der Waals surface area contributed by atoms with Crippen molar-refractivity contribution >= 4 is 0 Å². The van der Waals surface area contributed by atoms with Gasteiger partial charge in [0.25, 0.3) is 0 Å². The summed E-state index contributed by atoms with van der Waals surface area (Å²) < 4.78 is 41.8. The molecule has 0 saturated carbocycles. The third kappa shape index (κ3) is 4.17. The Morgan fingerprint density at radius 2 is 1.54 bits per heavy atom. The highest BCUT2D eigenvalue weighted by molar-refractivity contribution is 5.43. The normalized spacial score (nSPS) is 10.8. The minimum absolute atomic E-state index is 0.275. The van der Waals surface area contributed by atoms with Crippen LogP contribution in [-0.2, 0) is 0 Å². The highest BCUT2D eigenvalue weighted by Crippen LogP contribution is 2.23. The second kappa shape index (κ2) is 6.50. The van der Waals surface area contributed by atoms with Crippen LogP contribution in [0.2, 0.25) is 0 Å². The van der Waals surface area contributed by atoms with Gasteiger partial charge in [-0.2, -0.15) is 5.10 Å². The van der Waals surface area contributed by atoms with E-state index in [-0.39, 0.29) is 5.75 Å². The molecule has 0 radical (unpaired) electrons. The first-order chi connectivity index (χ1) is 11.5. The molecular formula is C18H11F3N2O. The second-order valence-corrected chi connectivity index (χ2v) is 4.83. The van der Waals surface area contributed by atoms with Crippen LogP contribution < -0.4 is 4.74 Å². The topological polar surface area (TPSA) is 27.1 Å². The summed E-state index contributed by atoms with van der Waals surface area (Å²) in [6.07, 6.45) is -1.40. The number of ether oxygens (including phenoxy) is 1. The van der Waals surface area contributed by atoms with Crippen molar-refractivity contribution in [1.82, 2.24) is 9.78 Å². The number of nitrogens with zero attached hydrogens (tertiary/aromatic N) is 2. The molecule has 0 spiro atoms. The zero-order valence-electron chi connectivity index (χ0n) is 12.3. The van der Waals surface area contributed by atoms with Gasteiger partial charge in [-0.1, -0.05) is 30.0 Å². The summed E-state index contributed by atoms with van der Waals surface area (Å²) in [5.74, 6) is 5.72. The quantitative estimate of drug-likeness (QED) is 0.660. The Balaban J connectivity index is 1.75. The van der Waals surface area contributed by atoms with Gasteiger partial charge in [-0.3, -0.25) is 0 Å². The number of benzene rings is 2. The summed E-state index contributed by atoms with van der Waals surface area (Å²) in [7, 11) is 0. The predicted molar refractivity (Wildman–Crippen MR) is 82.7 cm³/mol. The molecule has 0 bridgehead atoms. The van der Waals surface area contributed by atoms with Gasteiger partial charge in [0.1, 0.15) is 5.75 Å². The average Bonchev–Trinajstić information content (AvgIpc) is 3.02. The number of alkyl halides is 3. The molecule has 3 aromatic rings. The van der Waals surface area contributed by atoms with Crippen LogP contribution in [0.25, 0.3) is 5.69 Å². The molecule has 0 N–H and O–H groups in total. The fourth-order valence-electron chi connectivity index (χ4n) is 1.99. The van der Waals surface area contributed by atoms with Crippen molar-refractivity contribution in [3.63, 3.8) is 0 Å². The Hall–Kier alpha value is -3.20. The Kier molecular flexibility index (Phi) is 4.25. The van der Waals surface area contributed by atoms with E-state index in [2.05, 4.69) is 21.7 Å². The number of hydrogen-bond acceptors (Lipinski definition) is 2. The maximum Gasteiger partial charge on any atom is 0.573 e. The van der Waals surface area contributed by atoms with Gasteiger partial charge >= 0.3 is 6.36 Å². The molecule has 1 heterocycles. The predicted octanol–water partition coefficient (Wildman–Crippen LogP) is 4.17. The van der Waals surface area contributed by atoms with Crippen LogP contribution in [0.15, 0.2) is 67.0 Å². The fraction of sp³-hybridized carbons (Fsp3) is 0.0556. The van der Waals surface area contributed by atoms with E-state index in [0.29, 0.717) is 11.3 Å². The van der Waals surface area contributed by atoms with Gasteiger partial charge in [-0.15, -0.1) is 13.2 Å². The minimum atomic E-state index is -4.70. The largest absolute Gasteiger partial charge is 0.573 e. The summed E-state index contributed by atoms with van der Waals surface area (Å²) >= 11 is 0. The van der Waals surface area contributed by atoms with Crippen molar-refractivity contribution in [2.24, 2.45) is 0 Å². The third-order valence-corrected chi connectivity index (χ3v) is 3.04. The lowest BCUT2D eigenvalue weighted by Crippen LogP contribution is -2.17. The minimum Gasteiger partial charge on any atom is -0.406 e. The van der Waals surface area contributed by atoms with Gasteiger partial charge in [-0.25, -0.2) is 4.68 Å². The zero-order valence-corrected chi connectivity index (χ0v) is 12.3. The van der Waals surface area contributed by atoms with Gasteiger partial charge in [0.15, 0.2) is 0 Å². The first-order valence-electron chi connectivity index (χ1n) is 6.97. The molecule has 0 fully saturated rings. The van der Waals surface area contributed by atoms with E-state index in [9.17, 15) is 13.2 Å². The third-order valence-electron chi connectivity index (χ3n) is 3.04. The Morgan fingerprint density at radius 1 is 0.875 bits per heavy atom. The van der Waals surface area contributed by atoms with Crippen molar-refractivity contribution in [3.05, 3.63) is 78.1 Å². The molecule has 3 rings (SSSR count). The molecule has 1 aromatic heterocycles. The second-order valence-electron chi connectivity index (χ2n) is 4.83. The van der Waals surface area contributed by atoms with Crippen LogP contribution in [0, 0.1) is 11.8 Å². The molecule has 24 heavy (non-hydrogen) atoms. The summed E-state index contributed by atoms with van der Waals surface area (Å²) in [4.78, 5) is 0. The van der Waals surface area contributed by atoms with Gasteiger partial charge in [0, 0.05) is 11.8 Å². The van der Waals surface area contributed by atoms with Crippen LogP contribution in [-0.4, -0.2) is 16.1 Å². The van der Waals surface area contributed by atoms with E-state index in [4.69, 9.17) is 0 Å². The maximum atomic E-state index is 12.1. The zero-order chi connectivity index (χ0) is 17.0. The molecule has 6 heteroatoms. The molecule has 0 saturated heterocycles. The smallest absolute Gasteiger partial charge is 0.406 e. The van der Waals surface area contributed by atoms with Gasteiger partial charge < -0.3 is 4.74 Å². The van der Waals surface area contributed by atoms with Crippen LogP contribution in [0.3, 0.4) is 0 Å². The molecule has 3 nitrogen and oxygen atoms in total.